The van der Waals surface area contributed by atoms with Crippen molar-refractivity contribution in [2.45, 2.75) is 39.5 Å². The van der Waals surface area contributed by atoms with Gasteiger partial charge in [0.15, 0.2) is 0 Å². The lowest BCUT2D eigenvalue weighted by Gasteiger charge is -2.19. The van der Waals surface area contributed by atoms with Gasteiger partial charge in [-0.15, -0.1) is 11.3 Å². The summed E-state index contributed by atoms with van der Waals surface area (Å²) in [6.45, 7) is 8.05. The van der Waals surface area contributed by atoms with E-state index >= 15 is 0 Å². The summed E-state index contributed by atoms with van der Waals surface area (Å²) in [6.07, 6.45) is 0.218. The Morgan fingerprint density at radius 3 is 2.50 bits per heavy atom. The number of carbonyl (C=O) groups is 2. The van der Waals surface area contributed by atoms with Crippen LogP contribution in [0.2, 0.25) is 0 Å². The molecule has 112 valence electrons. The average Bonchev–Trinajstić information content (AvgIpc) is 2.76. The number of hydrogen-bond donors (Lipinski definition) is 1. The molecular weight excluding hydrogens is 276 g/mol. The maximum Gasteiger partial charge on any atom is 0.308 e. The Bertz CT molecular complexity index is 491. The molecule has 0 radical (unpaired) electrons. The third-order valence-corrected chi connectivity index (χ3v) is 4.24. The topological polar surface area (TPSA) is 70.5 Å². The highest BCUT2D eigenvalue weighted by molar-refractivity contribution is 7.09. The van der Waals surface area contributed by atoms with Crippen LogP contribution in [-0.2, 0) is 21.4 Å². The van der Waals surface area contributed by atoms with E-state index in [0.717, 1.165) is 10.7 Å². The Labute approximate surface area is 123 Å². The van der Waals surface area contributed by atoms with E-state index < -0.39 is 11.9 Å². The molecule has 1 heterocycles. The van der Waals surface area contributed by atoms with E-state index in [1.807, 2.05) is 5.38 Å². The standard InChI is InChI=1S/C14H22N2O3S/c1-9(12(18)19)7-16(5)11(17)6-10-8-20-13(15-10)14(2,3)4/h8-9H,6-7H2,1-5H3,(H,18,19). The first-order valence-corrected chi connectivity index (χ1v) is 7.41. The molecule has 1 aromatic heterocycles. The quantitative estimate of drug-likeness (QED) is 0.904. The summed E-state index contributed by atoms with van der Waals surface area (Å²) in [5, 5.41) is 11.7. The van der Waals surface area contributed by atoms with Gasteiger partial charge in [0.05, 0.1) is 23.0 Å². The van der Waals surface area contributed by atoms with Crippen LogP contribution in [0.25, 0.3) is 0 Å². The summed E-state index contributed by atoms with van der Waals surface area (Å²) in [5.41, 5.74) is 0.732. The van der Waals surface area contributed by atoms with Crippen LogP contribution in [0.3, 0.4) is 0 Å². The summed E-state index contributed by atoms with van der Waals surface area (Å²) < 4.78 is 0. The zero-order valence-corrected chi connectivity index (χ0v) is 13.5. The fourth-order valence-corrected chi connectivity index (χ4v) is 2.52. The van der Waals surface area contributed by atoms with Gasteiger partial charge >= 0.3 is 5.97 Å². The zero-order chi connectivity index (χ0) is 15.5. The van der Waals surface area contributed by atoms with Gasteiger partial charge in [-0.25, -0.2) is 4.98 Å². The molecule has 1 unspecified atom stereocenters. The fourth-order valence-electron chi connectivity index (χ4n) is 1.61. The molecule has 0 aromatic carbocycles. The van der Waals surface area contributed by atoms with Crippen LogP contribution in [0.15, 0.2) is 5.38 Å². The number of carboxylic acids is 1. The van der Waals surface area contributed by atoms with Crippen molar-refractivity contribution in [2.75, 3.05) is 13.6 Å². The van der Waals surface area contributed by atoms with Gasteiger partial charge in [0.1, 0.15) is 0 Å². The number of rotatable bonds is 5. The number of carboxylic acid groups (broad SMARTS) is 1. The highest BCUT2D eigenvalue weighted by Crippen LogP contribution is 2.25. The molecule has 20 heavy (non-hydrogen) atoms. The van der Waals surface area contributed by atoms with Crippen molar-refractivity contribution < 1.29 is 14.7 Å². The molecule has 0 fully saturated rings. The van der Waals surface area contributed by atoms with E-state index in [1.54, 1.807) is 25.3 Å². The van der Waals surface area contributed by atoms with Crippen molar-refractivity contribution in [1.29, 1.82) is 0 Å². The number of hydrogen-bond acceptors (Lipinski definition) is 4. The number of carbonyl (C=O) groups excluding carboxylic acids is 1. The van der Waals surface area contributed by atoms with Crippen molar-refractivity contribution in [3.05, 3.63) is 16.1 Å². The normalized spacial score (nSPS) is 13.1. The Hall–Kier alpha value is -1.43. The molecule has 1 rings (SSSR count). The summed E-state index contributed by atoms with van der Waals surface area (Å²) >= 11 is 1.55. The highest BCUT2D eigenvalue weighted by Gasteiger charge is 2.21. The first-order chi connectivity index (χ1) is 9.11. The van der Waals surface area contributed by atoms with Crippen LogP contribution < -0.4 is 0 Å². The molecule has 0 bridgehead atoms. The van der Waals surface area contributed by atoms with Crippen molar-refractivity contribution in [3.8, 4) is 0 Å². The number of amides is 1. The maximum atomic E-state index is 12.0. The summed E-state index contributed by atoms with van der Waals surface area (Å²) in [4.78, 5) is 28.7. The van der Waals surface area contributed by atoms with Gasteiger partial charge in [0, 0.05) is 24.4 Å². The molecule has 0 aliphatic carbocycles. The highest BCUT2D eigenvalue weighted by atomic mass is 32.1. The largest absolute Gasteiger partial charge is 0.481 e. The van der Waals surface area contributed by atoms with E-state index in [-0.39, 0.29) is 24.3 Å². The van der Waals surface area contributed by atoms with Crippen LogP contribution in [-0.4, -0.2) is 40.5 Å². The van der Waals surface area contributed by atoms with E-state index in [1.165, 1.54) is 4.90 Å². The second-order valence-electron chi connectivity index (χ2n) is 6.08. The molecule has 5 nitrogen and oxygen atoms in total. The molecular formula is C14H22N2O3S. The van der Waals surface area contributed by atoms with Crippen LogP contribution in [0.5, 0.6) is 0 Å². The lowest BCUT2D eigenvalue weighted by atomic mass is 9.98. The minimum atomic E-state index is -0.895. The van der Waals surface area contributed by atoms with Gasteiger partial charge in [-0.3, -0.25) is 9.59 Å². The lowest BCUT2D eigenvalue weighted by molar-refractivity contribution is -0.142. The third kappa shape index (κ3) is 4.59. The second kappa shape index (κ2) is 6.35. The summed E-state index contributed by atoms with van der Waals surface area (Å²) in [6, 6.07) is 0. The van der Waals surface area contributed by atoms with Gasteiger partial charge in [-0.2, -0.15) is 0 Å². The van der Waals surface area contributed by atoms with Gasteiger partial charge in [0.2, 0.25) is 5.91 Å². The first-order valence-electron chi connectivity index (χ1n) is 6.53. The minimum absolute atomic E-state index is 0.0182. The monoisotopic (exact) mass is 298 g/mol. The predicted molar refractivity (Wildman–Crippen MR) is 79.0 cm³/mol. The summed E-state index contributed by atoms with van der Waals surface area (Å²) in [5.74, 6) is -1.57. The van der Waals surface area contributed by atoms with Crippen molar-refractivity contribution in [2.24, 2.45) is 5.92 Å². The number of aromatic nitrogens is 1. The average molecular weight is 298 g/mol. The van der Waals surface area contributed by atoms with E-state index in [9.17, 15) is 9.59 Å². The van der Waals surface area contributed by atoms with E-state index in [4.69, 9.17) is 5.11 Å². The molecule has 1 amide bonds. The van der Waals surface area contributed by atoms with Crippen molar-refractivity contribution >= 4 is 23.2 Å². The molecule has 0 saturated heterocycles. The smallest absolute Gasteiger partial charge is 0.308 e. The van der Waals surface area contributed by atoms with Crippen molar-refractivity contribution in [3.63, 3.8) is 0 Å². The first kappa shape index (κ1) is 16.6. The fraction of sp³-hybridized carbons (Fsp3) is 0.643. The van der Waals surface area contributed by atoms with E-state index in [2.05, 4.69) is 25.8 Å². The molecule has 0 spiro atoms. The molecule has 1 atom stereocenters. The second-order valence-corrected chi connectivity index (χ2v) is 6.94. The molecule has 0 aliphatic rings. The minimum Gasteiger partial charge on any atom is -0.481 e. The molecule has 0 saturated carbocycles. The Morgan fingerprint density at radius 1 is 1.45 bits per heavy atom. The Kier molecular flexibility index (Phi) is 5.28. The van der Waals surface area contributed by atoms with Gasteiger partial charge in [-0.05, 0) is 0 Å². The lowest BCUT2D eigenvalue weighted by Crippen LogP contribution is -2.34. The van der Waals surface area contributed by atoms with Crippen LogP contribution >= 0.6 is 11.3 Å². The van der Waals surface area contributed by atoms with E-state index in [0.29, 0.717) is 0 Å². The molecule has 0 aliphatic heterocycles. The van der Waals surface area contributed by atoms with Crippen LogP contribution in [0, 0.1) is 5.92 Å². The van der Waals surface area contributed by atoms with Crippen molar-refractivity contribution in [1.82, 2.24) is 9.88 Å². The molecule has 1 N–H and O–H groups in total. The number of thiazole rings is 1. The van der Waals surface area contributed by atoms with Crippen LogP contribution in [0.4, 0.5) is 0 Å². The Morgan fingerprint density at radius 2 is 2.05 bits per heavy atom. The van der Waals surface area contributed by atoms with Crippen LogP contribution in [0.1, 0.15) is 38.4 Å². The summed E-state index contributed by atoms with van der Waals surface area (Å²) in [7, 11) is 1.62. The predicted octanol–water partition coefficient (Wildman–Crippen LogP) is 2.16. The third-order valence-electron chi connectivity index (χ3n) is 2.92. The molecule has 1 aromatic rings. The number of nitrogens with zero attached hydrogens (tertiary/aromatic N) is 2. The van der Waals surface area contributed by atoms with Gasteiger partial charge in [0.25, 0.3) is 0 Å². The van der Waals surface area contributed by atoms with Gasteiger partial charge in [-0.1, -0.05) is 27.7 Å². The van der Waals surface area contributed by atoms with Gasteiger partial charge < -0.3 is 10.0 Å². The zero-order valence-electron chi connectivity index (χ0n) is 12.6. The molecule has 6 heteroatoms. The Balaban J connectivity index is 2.62. The number of aliphatic carboxylic acids is 1. The number of likely N-dealkylation sites (N-methyl/N-ethyl adjacent to an activating group) is 1. The SMILES string of the molecule is CC(CN(C)C(=O)Cc1csc(C(C)(C)C)n1)C(=O)O. The maximum absolute atomic E-state index is 12.0.